The van der Waals surface area contributed by atoms with Gasteiger partial charge < -0.3 is 4.57 Å². The third-order valence-electron chi connectivity index (χ3n) is 5.76. The summed E-state index contributed by atoms with van der Waals surface area (Å²) in [7, 11) is 2.03. The number of halogens is 2. The van der Waals surface area contributed by atoms with Gasteiger partial charge in [0.05, 0.1) is 12.2 Å². The van der Waals surface area contributed by atoms with Gasteiger partial charge in [0.2, 0.25) is 0 Å². The van der Waals surface area contributed by atoms with E-state index in [4.69, 9.17) is 23.2 Å². The molecule has 0 N–H and O–H groups in total. The van der Waals surface area contributed by atoms with Crippen LogP contribution in [0.2, 0.25) is 10.0 Å². The molecule has 0 aliphatic carbocycles. The van der Waals surface area contributed by atoms with Crippen molar-refractivity contribution in [1.29, 1.82) is 0 Å². The number of imidazole rings is 1. The number of nitrogens with zero attached hydrogens (tertiary/aromatic N) is 2. The van der Waals surface area contributed by atoms with E-state index in [1.807, 2.05) is 56.8 Å². The summed E-state index contributed by atoms with van der Waals surface area (Å²) in [6.07, 6.45) is 5.89. The van der Waals surface area contributed by atoms with E-state index in [-0.39, 0.29) is 5.92 Å². The average Bonchev–Trinajstić information content (AvgIpc) is 3.20. The molecule has 166 valence electrons. The minimum atomic E-state index is 0.0135. The smallest absolute Gasteiger partial charge is 0.0945 e. The lowest BCUT2D eigenvalue weighted by molar-refractivity contribution is 0.792. The van der Waals surface area contributed by atoms with Crippen molar-refractivity contribution < 1.29 is 0 Å². The number of allylic oxidation sites excluding steroid dienone is 2. The zero-order valence-electron chi connectivity index (χ0n) is 19.0. The fourth-order valence-corrected chi connectivity index (χ4v) is 4.48. The second-order valence-electron chi connectivity index (χ2n) is 8.40. The largest absolute Gasteiger partial charge is 0.337 e. The standard InChI is InChI=1S/C29H26Cl2N2/c1-19(2)14-27(22-6-5-7-25(31)15-22)26-16-23(9-8-20(26)3)29(28-17-32-18-33(28)4)21-10-12-24(30)13-11-21/h5-18,29H,1H2,2-4H3/b27-14-. The first-order valence-electron chi connectivity index (χ1n) is 10.8. The number of aromatic nitrogens is 2. The number of hydrogen-bond donors (Lipinski definition) is 0. The molecule has 1 atom stereocenters. The Kier molecular flexibility index (Phi) is 6.88. The van der Waals surface area contributed by atoms with Crippen molar-refractivity contribution in [2.75, 3.05) is 0 Å². The maximum absolute atomic E-state index is 6.34. The van der Waals surface area contributed by atoms with Gasteiger partial charge in [0.15, 0.2) is 0 Å². The van der Waals surface area contributed by atoms with Crippen LogP contribution in [0.5, 0.6) is 0 Å². The zero-order valence-corrected chi connectivity index (χ0v) is 20.5. The van der Waals surface area contributed by atoms with E-state index >= 15 is 0 Å². The second kappa shape index (κ2) is 9.82. The van der Waals surface area contributed by atoms with Gasteiger partial charge in [-0.15, -0.1) is 0 Å². The summed E-state index contributed by atoms with van der Waals surface area (Å²) in [6.45, 7) is 8.28. The lowest BCUT2D eigenvalue weighted by Crippen LogP contribution is -2.09. The van der Waals surface area contributed by atoms with Gasteiger partial charge in [0, 0.05) is 29.0 Å². The molecule has 4 heteroatoms. The summed E-state index contributed by atoms with van der Waals surface area (Å²) in [5.41, 5.74) is 8.93. The highest BCUT2D eigenvalue weighted by Crippen LogP contribution is 2.36. The number of rotatable bonds is 6. The minimum Gasteiger partial charge on any atom is -0.337 e. The van der Waals surface area contributed by atoms with E-state index in [0.717, 1.165) is 38.6 Å². The minimum absolute atomic E-state index is 0.0135. The highest BCUT2D eigenvalue weighted by atomic mass is 35.5. The van der Waals surface area contributed by atoms with E-state index in [1.165, 1.54) is 11.1 Å². The van der Waals surface area contributed by atoms with Crippen LogP contribution in [-0.4, -0.2) is 9.55 Å². The van der Waals surface area contributed by atoms with Gasteiger partial charge >= 0.3 is 0 Å². The molecule has 0 saturated carbocycles. The van der Waals surface area contributed by atoms with Crippen LogP contribution in [0.25, 0.3) is 5.57 Å². The average molecular weight is 473 g/mol. The first kappa shape index (κ1) is 23.1. The molecule has 1 unspecified atom stereocenters. The van der Waals surface area contributed by atoms with Gasteiger partial charge in [-0.05, 0) is 77.6 Å². The van der Waals surface area contributed by atoms with Crippen LogP contribution in [0.15, 0.2) is 97.5 Å². The van der Waals surface area contributed by atoms with Gasteiger partial charge in [0.25, 0.3) is 0 Å². The Morgan fingerprint density at radius 3 is 2.33 bits per heavy atom. The molecule has 0 aliphatic heterocycles. The number of aryl methyl sites for hydroxylation is 2. The summed E-state index contributed by atoms with van der Waals surface area (Å²) >= 11 is 12.5. The van der Waals surface area contributed by atoms with Crippen LogP contribution in [0.1, 0.15) is 46.4 Å². The molecular weight excluding hydrogens is 447 g/mol. The van der Waals surface area contributed by atoms with E-state index in [1.54, 1.807) is 0 Å². The second-order valence-corrected chi connectivity index (χ2v) is 9.28. The molecule has 4 aromatic rings. The van der Waals surface area contributed by atoms with Crippen LogP contribution in [0, 0.1) is 6.92 Å². The Morgan fingerprint density at radius 1 is 0.970 bits per heavy atom. The zero-order chi connectivity index (χ0) is 23.5. The highest BCUT2D eigenvalue weighted by molar-refractivity contribution is 6.31. The van der Waals surface area contributed by atoms with Gasteiger partial charge in [-0.3, -0.25) is 0 Å². The van der Waals surface area contributed by atoms with Crippen LogP contribution < -0.4 is 0 Å². The number of hydrogen-bond acceptors (Lipinski definition) is 1. The predicted octanol–water partition coefficient (Wildman–Crippen LogP) is 8.22. The van der Waals surface area contributed by atoms with Crippen LogP contribution in [0.4, 0.5) is 0 Å². The SMILES string of the molecule is C=C(C)/C=C(/c1cccc(Cl)c1)c1cc(C(c2ccc(Cl)cc2)c2cncn2C)ccc1C. The summed E-state index contributed by atoms with van der Waals surface area (Å²) in [4.78, 5) is 4.38. The molecule has 1 heterocycles. The summed E-state index contributed by atoms with van der Waals surface area (Å²) in [5, 5.41) is 1.43. The normalized spacial score (nSPS) is 12.6. The Morgan fingerprint density at radius 2 is 1.70 bits per heavy atom. The van der Waals surface area contributed by atoms with Gasteiger partial charge in [-0.25, -0.2) is 4.98 Å². The topological polar surface area (TPSA) is 17.8 Å². The molecule has 3 aromatic carbocycles. The lowest BCUT2D eigenvalue weighted by atomic mass is 9.84. The molecule has 1 aromatic heterocycles. The molecule has 0 saturated heterocycles. The first-order valence-corrected chi connectivity index (χ1v) is 11.5. The summed E-state index contributed by atoms with van der Waals surface area (Å²) in [6, 6.07) is 22.7. The summed E-state index contributed by atoms with van der Waals surface area (Å²) < 4.78 is 2.07. The molecule has 33 heavy (non-hydrogen) atoms. The van der Waals surface area contributed by atoms with Crippen molar-refractivity contribution in [3.05, 3.63) is 141 Å². The lowest BCUT2D eigenvalue weighted by Gasteiger charge is -2.21. The summed E-state index contributed by atoms with van der Waals surface area (Å²) in [5.74, 6) is 0.0135. The fourth-order valence-electron chi connectivity index (χ4n) is 4.16. The molecule has 2 nitrogen and oxygen atoms in total. The molecule has 4 rings (SSSR count). The third-order valence-corrected chi connectivity index (χ3v) is 6.25. The molecule has 0 bridgehead atoms. The van der Waals surface area contributed by atoms with Gasteiger partial charge in [-0.2, -0.15) is 0 Å². The maximum Gasteiger partial charge on any atom is 0.0945 e. The van der Waals surface area contributed by atoms with Crippen LogP contribution in [-0.2, 0) is 7.05 Å². The van der Waals surface area contributed by atoms with E-state index in [0.29, 0.717) is 5.02 Å². The molecule has 0 spiro atoms. The van der Waals surface area contributed by atoms with Crippen LogP contribution >= 0.6 is 23.2 Å². The molecule has 0 amide bonds. The fraction of sp³-hybridized carbons (Fsp3) is 0.138. The Bertz CT molecular complexity index is 1330. The van der Waals surface area contributed by atoms with Crippen molar-refractivity contribution in [3.8, 4) is 0 Å². The Hall–Kier alpha value is -3.07. The monoisotopic (exact) mass is 472 g/mol. The predicted molar refractivity (Wildman–Crippen MR) is 140 cm³/mol. The molecule has 0 aliphatic rings. The van der Waals surface area contributed by atoms with Crippen molar-refractivity contribution in [1.82, 2.24) is 9.55 Å². The van der Waals surface area contributed by atoms with Crippen molar-refractivity contribution >= 4 is 28.8 Å². The molecule has 0 fully saturated rings. The van der Waals surface area contributed by atoms with Crippen LogP contribution in [0.3, 0.4) is 0 Å². The quantitative estimate of drug-likeness (QED) is 0.258. The van der Waals surface area contributed by atoms with E-state index in [9.17, 15) is 0 Å². The first-order chi connectivity index (χ1) is 15.8. The highest BCUT2D eigenvalue weighted by Gasteiger charge is 2.21. The Labute approximate surface area is 205 Å². The third kappa shape index (κ3) is 5.13. The van der Waals surface area contributed by atoms with Gasteiger partial charge in [0.1, 0.15) is 0 Å². The van der Waals surface area contributed by atoms with E-state index in [2.05, 4.69) is 65.5 Å². The molecular formula is C29H26Cl2N2. The van der Waals surface area contributed by atoms with Gasteiger partial charge in [-0.1, -0.05) is 77.8 Å². The van der Waals surface area contributed by atoms with Crippen molar-refractivity contribution in [3.63, 3.8) is 0 Å². The maximum atomic E-state index is 6.34. The van der Waals surface area contributed by atoms with Crippen molar-refractivity contribution in [2.24, 2.45) is 7.05 Å². The Balaban J connectivity index is 1.92. The van der Waals surface area contributed by atoms with E-state index < -0.39 is 0 Å². The number of benzene rings is 3. The van der Waals surface area contributed by atoms with Crippen molar-refractivity contribution in [2.45, 2.75) is 19.8 Å². The molecule has 0 radical (unpaired) electrons.